The quantitative estimate of drug-likeness (QED) is 0.400. The van der Waals surface area contributed by atoms with Gasteiger partial charge in [0.05, 0.1) is 0 Å². The summed E-state index contributed by atoms with van der Waals surface area (Å²) >= 11 is 6.12. The third kappa shape index (κ3) is 7.39. The Morgan fingerprint density at radius 2 is 1.65 bits per heavy atom. The van der Waals surface area contributed by atoms with E-state index in [2.05, 4.69) is 10.6 Å². The van der Waals surface area contributed by atoms with Gasteiger partial charge in [-0.05, 0) is 79.5 Å². The van der Waals surface area contributed by atoms with E-state index in [0.29, 0.717) is 29.0 Å². The summed E-state index contributed by atoms with van der Waals surface area (Å²) in [5, 5.41) is 6.29. The van der Waals surface area contributed by atoms with E-state index >= 15 is 0 Å². The van der Waals surface area contributed by atoms with Crippen LogP contribution in [0.2, 0.25) is 5.02 Å². The second-order valence-corrected chi connectivity index (χ2v) is 12.6. The van der Waals surface area contributed by atoms with Crippen molar-refractivity contribution in [2.45, 2.75) is 76.9 Å². The Balaban J connectivity index is 1.25. The molecule has 0 radical (unpaired) electrons. The second kappa shape index (κ2) is 13.9. The summed E-state index contributed by atoms with van der Waals surface area (Å²) in [5.74, 6) is 0.129. The van der Waals surface area contributed by atoms with Crippen LogP contribution in [0.5, 0.6) is 0 Å². The molecule has 0 bridgehead atoms. The molecule has 4 N–H and O–H groups in total. The van der Waals surface area contributed by atoms with Crippen molar-refractivity contribution in [3.63, 3.8) is 0 Å². The summed E-state index contributed by atoms with van der Waals surface area (Å²) in [5.41, 5.74) is 9.15. The standard InChI is InChI=1S/C33H42ClN5O4/c1-21-16-26(10-11-27(21)34)36-32(42)28(14-15-35)37-33(43)29-17-22-6-2-3-9-25(22)20-39(29)31(41)13-12-30(40)38-18-23-7-4-5-8-24(23)19-38/h2-3,6,9-11,16,23-24,28-29H,4-5,7-8,12-15,17-20,35H2,1H3,(H,36,42)(H,37,43)/t23?,24?,28-,29-/m0/s1. The number of rotatable bonds is 9. The van der Waals surface area contributed by atoms with Crippen LogP contribution < -0.4 is 16.4 Å². The molecule has 10 heteroatoms. The normalized spacial score (nSPS) is 21.9. The number of nitrogens with two attached hydrogens (primary N) is 1. The lowest BCUT2D eigenvalue weighted by molar-refractivity contribution is -0.144. The highest BCUT2D eigenvalue weighted by Gasteiger charge is 2.38. The number of carbonyl (C=O) groups is 4. The highest BCUT2D eigenvalue weighted by molar-refractivity contribution is 6.31. The predicted molar refractivity (Wildman–Crippen MR) is 166 cm³/mol. The van der Waals surface area contributed by atoms with Crippen molar-refractivity contribution in [3.8, 4) is 0 Å². The molecule has 230 valence electrons. The molecule has 2 heterocycles. The van der Waals surface area contributed by atoms with Gasteiger partial charge < -0.3 is 26.2 Å². The Kier molecular flexibility index (Phi) is 10.0. The van der Waals surface area contributed by atoms with E-state index in [1.165, 1.54) is 25.7 Å². The van der Waals surface area contributed by atoms with Gasteiger partial charge in [0.1, 0.15) is 12.1 Å². The van der Waals surface area contributed by atoms with Gasteiger partial charge in [-0.25, -0.2) is 0 Å². The molecule has 2 aliphatic heterocycles. The second-order valence-electron chi connectivity index (χ2n) is 12.2. The number of fused-ring (bicyclic) bond motifs is 2. The predicted octanol–water partition coefficient (Wildman–Crippen LogP) is 3.80. The number of anilines is 1. The van der Waals surface area contributed by atoms with Gasteiger partial charge in [0.25, 0.3) is 0 Å². The summed E-state index contributed by atoms with van der Waals surface area (Å²) < 4.78 is 0. The molecule has 1 saturated heterocycles. The average molecular weight is 608 g/mol. The molecule has 1 saturated carbocycles. The first-order chi connectivity index (χ1) is 20.7. The zero-order valence-corrected chi connectivity index (χ0v) is 25.6. The van der Waals surface area contributed by atoms with Gasteiger partial charge in [-0.3, -0.25) is 19.2 Å². The van der Waals surface area contributed by atoms with Crippen LogP contribution in [-0.4, -0.2) is 65.1 Å². The summed E-state index contributed by atoms with van der Waals surface area (Å²) in [6.45, 7) is 3.89. The fraction of sp³-hybridized carbons (Fsp3) is 0.515. The molecule has 1 aliphatic carbocycles. The molecule has 2 fully saturated rings. The molecule has 0 spiro atoms. The lowest BCUT2D eigenvalue weighted by Gasteiger charge is -2.37. The Labute approximate surface area is 258 Å². The molecular weight excluding hydrogens is 566 g/mol. The molecular formula is C33H42ClN5O4. The van der Waals surface area contributed by atoms with Gasteiger partial charge in [-0.15, -0.1) is 0 Å². The monoisotopic (exact) mass is 607 g/mol. The minimum absolute atomic E-state index is 0.0123. The molecule has 2 unspecified atom stereocenters. The van der Waals surface area contributed by atoms with Crippen molar-refractivity contribution in [2.75, 3.05) is 25.0 Å². The van der Waals surface area contributed by atoms with Crippen LogP contribution in [0.15, 0.2) is 42.5 Å². The Morgan fingerprint density at radius 1 is 0.977 bits per heavy atom. The van der Waals surface area contributed by atoms with Crippen LogP contribution in [0.3, 0.4) is 0 Å². The first-order valence-corrected chi connectivity index (χ1v) is 15.8. The molecule has 2 aromatic carbocycles. The van der Waals surface area contributed by atoms with Gasteiger partial charge in [0.15, 0.2) is 0 Å². The van der Waals surface area contributed by atoms with Crippen molar-refractivity contribution in [1.29, 1.82) is 0 Å². The van der Waals surface area contributed by atoms with E-state index in [1.807, 2.05) is 36.1 Å². The number of likely N-dealkylation sites (tertiary alicyclic amines) is 1. The van der Waals surface area contributed by atoms with E-state index in [1.54, 1.807) is 23.1 Å². The van der Waals surface area contributed by atoms with Crippen molar-refractivity contribution in [2.24, 2.45) is 17.6 Å². The highest BCUT2D eigenvalue weighted by Crippen LogP contribution is 2.36. The maximum absolute atomic E-state index is 13.7. The van der Waals surface area contributed by atoms with E-state index in [0.717, 1.165) is 29.8 Å². The summed E-state index contributed by atoms with van der Waals surface area (Å²) in [6.07, 6.45) is 5.55. The minimum atomic E-state index is -0.886. The van der Waals surface area contributed by atoms with Crippen LogP contribution in [-0.2, 0) is 32.1 Å². The zero-order valence-electron chi connectivity index (χ0n) is 24.8. The Hall–Kier alpha value is -3.43. The number of carbonyl (C=O) groups excluding carboxylic acids is 4. The molecule has 4 amide bonds. The molecule has 2 aromatic rings. The maximum atomic E-state index is 13.7. The van der Waals surface area contributed by atoms with Gasteiger partial charge in [0, 0.05) is 49.6 Å². The fourth-order valence-corrected chi connectivity index (χ4v) is 6.92. The molecule has 3 aliphatic rings. The summed E-state index contributed by atoms with van der Waals surface area (Å²) in [7, 11) is 0. The first-order valence-electron chi connectivity index (χ1n) is 15.4. The maximum Gasteiger partial charge on any atom is 0.246 e. The number of halogens is 1. The van der Waals surface area contributed by atoms with Crippen LogP contribution >= 0.6 is 11.6 Å². The summed E-state index contributed by atoms with van der Waals surface area (Å²) in [4.78, 5) is 57.1. The number of aryl methyl sites for hydroxylation is 1. The van der Waals surface area contributed by atoms with Gasteiger partial charge in [-0.2, -0.15) is 0 Å². The zero-order chi connectivity index (χ0) is 30.5. The molecule has 5 rings (SSSR count). The lowest BCUT2D eigenvalue weighted by Crippen LogP contribution is -2.56. The number of hydrogen-bond acceptors (Lipinski definition) is 5. The van der Waals surface area contributed by atoms with E-state index < -0.39 is 23.9 Å². The number of benzene rings is 2. The molecule has 0 aromatic heterocycles. The van der Waals surface area contributed by atoms with Crippen molar-refractivity contribution in [1.82, 2.24) is 15.1 Å². The van der Waals surface area contributed by atoms with Crippen LogP contribution in [0.4, 0.5) is 5.69 Å². The van der Waals surface area contributed by atoms with Crippen LogP contribution in [0.1, 0.15) is 61.6 Å². The highest BCUT2D eigenvalue weighted by atomic mass is 35.5. The number of amides is 4. The number of nitrogens with one attached hydrogen (secondary N) is 2. The molecule has 4 atom stereocenters. The summed E-state index contributed by atoms with van der Waals surface area (Å²) in [6, 6.07) is 11.2. The Bertz CT molecular complexity index is 1350. The van der Waals surface area contributed by atoms with Gasteiger partial charge in [-0.1, -0.05) is 48.7 Å². The van der Waals surface area contributed by atoms with Gasteiger partial charge >= 0.3 is 0 Å². The number of nitrogens with zero attached hydrogens (tertiary/aromatic N) is 2. The minimum Gasteiger partial charge on any atom is -0.342 e. The smallest absolute Gasteiger partial charge is 0.246 e. The van der Waals surface area contributed by atoms with E-state index in [9.17, 15) is 19.2 Å². The third-order valence-electron chi connectivity index (χ3n) is 9.27. The molecule has 9 nitrogen and oxygen atoms in total. The average Bonchev–Trinajstić information content (AvgIpc) is 3.45. The molecule has 43 heavy (non-hydrogen) atoms. The lowest BCUT2D eigenvalue weighted by atomic mass is 9.82. The van der Waals surface area contributed by atoms with Gasteiger partial charge in [0.2, 0.25) is 23.6 Å². The third-order valence-corrected chi connectivity index (χ3v) is 9.69. The van der Waals surface area contributed by atoms with Crippen LogP contribution in [0.25, 0.3) is 0 Å². The van der Waals surface area contributed by atoms with E-state index in [-0.39, 0.29) is 44.2 Å². The van der Waals surface area contributed by atoms with Crippen molar-refractivity contribution < 1.29 is 19.2 Å². The van der Waals surface area contributed by atoms with Crippen LogP contribution in [0, 0.1) is 18.8 Å². The van der Waals surface area contributed by atoms with E-state index in [4.69, 9.17) is 17.3 Å². The number of hydrogen-bond donors (Lipinski definition) is 3. The Morgan fingerprint density at radius 3 is 2.33 bits per heavy atom. The van der Waals surface area contributed by atoms with Crippen molar-refractivity contribution >= 4 is 40.9 Å². The first kappa shape index (κ1) is 31.0. The largest absolute Gasteiger partial charge is 0.342 e. The SMILES string of the molecule is Cc1cc(NC(=O)[C@H](CCN)NC(=O)[C@@H]2Cc3ccccc3CN2C(=O)CCC(=O)N2CC3CCCCC3C2)ccc1Cl. The van der Waals surface area contributed by atoms with Crippen molar-refractivity contribution in [3.05, 3.63) is 64.2 Å². The fourth-order valence-electron chi connectivity index (χ4n) is 6.80. The topological polar surface area (TPSA) is 125 Å².